The molecule has 1 N–H and O–H groups in total. The molecule has 2 aromatic heterocycles. The molecule has 4 aromatic rings. The summed E-state index contributed by atoms with van der Waals surface area (Å²) in [5.74, 6) is 1.21. The highest BCUT2D eigenvalue weighted by Crippen LogP contribution is 2.33. The summed E-state index contributed by atoms with van der Waals surface area (Å²) in [6.45, 7) is 5.03. The molecular formula is C21H20F3N5. The monoisotopic (exact) mass is 399 g/mol. The van der Waals surface area contributed by atoms with Crippen LogP contribution in [0.5, 0.6) is 0 Å². The van der Waals surface area contributed by atoms with Gasteiger partial charge in [0.1, 0.15) is 11.5 Å². The summed E-state index contributed by atoms with van der Waals surface area (Å²) in [4.78, 5) is 4.67. The van der Waals surface area contributed by atoms with E-state index in [0.29, 0.717) is 28.6 Å². The first-order valence-electron chi connectivity index (χ1n) is 9.40. The maximum absolute atomic E-state index is 13.1. The Morgan fingerprint density at radius 3 is 2.62 bits per heavy atom. The molecule has 0 unspecified atom stereocenters. The van der Waals surface area contributed by atoms with Crippen LogP contribution >= 0.6 is 0 Å². The van der Waals surface area contributed by atoms with Gasteiger partial charge in [-0.1, -0.05) is 43.3 Å². The van der Waals surface area contributed by atoms with E-state index in [4.69, 9.17) is 0 Å². The number of fused-ring (bicyclic) bond motifs is 3. The van der Waals surface area contributed by atoms with Crippen LogP contribution in [0.3, 0.4) is 0 Å². The van der Waals surface area contributed by atoms with Crippen LogP contribution in [0.1, 0.15) is 25.8 Å². The van der Waals surface area contributed by atoms with Crippen molar-refractivity contribution < 1.29 is 13.2 Å². The van der Waals surface area contributed by atoms with Crippen molar-refractivity contribution >= 4 is 22.4 Å². The summed E-state index contributed by atoms with van der Waals surface area (Å²) < 4.78 is 41.0. The number of anilines is 1. The van der Waals surface area contributed by atoms with Crippen LogP contribution in [0, 0.1) is 5.92 Å². The van der Waals surface area contributed by atoms with E-state index < -0.39 is 11.7 Å². The van der Waals surface area contributed by atoms with Gasteiger partial charge in [-0.25, -0.2) is 4.98 Å². The maximum atomic E-state index is 13.1. The minimum Gasteiger partial charge on any atom is -0.369 e. The number of alkyl halides is 3. The standard InChI is InChI=1S/C21H20F3N5/c1-13(2)10-11-25-19-16-8-3-4-9-17(16)29-20(26-19)18(27-28-29)14-6-5-7-15(12-14)21(22,23)24/h3-9,12-13H,10-11H2,1-2H3,(H,25,26). The third kappa shape index (κ3) is 3.74. The molecule has 8 heteroatoms. The van der Waals surface area contributed by atoms with Crippen LogP contribution < -0.4 is 5.32 Å². The molecule has 0 aliphatic rings. The van der Waals surface area contributed by atoms with Crippen LogP contribution in [0.2, 0.25) is 0 Å². The molecule has 0 atom stereocenters. The molecule has 0 saturated carbocycles. The highest BCUT2D eigenvalue weighted by Gasteiger charge is 2.31. The average molecular weight is 399 g/mol. The van der Waals surface area contributed by atoms with Gasteiger partial charge in [0, 0.05) is 17.5 Å². The van der Waals surface area contributed by atoms with Gasteiger partial charge in [-0.05, 0) is 36.6 Å². The van der Waals surface area contributed by atoms with Crippen LogP contribution in [0.25, 0.3) is 27.8 Å². The second-order valence-corrected chi connectivity index (χ2v) is 7.34. The second kappa shape index (κ2) is 7.35. The Labute approximate surface area is 165 Å². The number of nitrogens with zero attached hydrogens (tertiary/aromatic N) is 4. The quantitative estimate of drug-likeness (QED) is 0.487. The summed E-state index contributed by atoms with van der Waals surface area (Å²) in [5, 5.41) is 12.5. The zero-order valence-corrected chi connectivity index (χ0v) is 16.0. The zero-order chi connectivity index (χ0) is 20.6. The van der Waals surface area contributed by atoms with Gasteiger partial charge in [0.05, 0.1) is 11.1 Å². The molecule has 0 amide bonds. The fourth-order valence-electron chi connectivity index (χ4n) is 3.21. The van der Waals surface area contributed by atoms with E-state index in [-0.39, 0.29) is 0 Å². The van der Waals surface area contributed by atoms with E-state index in [2.05, 4.69) is 34.5 Å². The lowest BCUT2D eigenvalue weighted by atomic mass is 10.1. The molecule has 0 spiro atoms. The minimum atomic E-state index is -4.43. The number of hydrogen-bond donors (Lipinski definition) is 1. The molecule has 4 rings (SSSR count). The number of benzene rings is 2. The summed E-state index contributed by atoms with van der Waals surface area (Å²) in [6.07, 6.45) is -3.46. The Hall–Kier alpha value is -3.16. The van der Waals surface area contributed by atoms with Crippen molar-refractivity contribution in [2.24, 2.45) is 5.92 Å². The first-order chi connectivity index (χ1) is 13.8. The number of aromatic nitrogens is 4. The Bertz CT molecular complexity index is 1160. The number of halogens is 3. The Morgan fingerprint density at radius 1 is 1.07 bits per heavy atom. The second-order valence-electron chi connectivity index (χ2n) is 7.34. The molecular weight excluding hydrogens is 379 g/mol. The van der Waals surface area contributed by atoms with Crippen LogP contribution in [0.15, 0.2) is 48.5 Å². The van der Waals surface area contributed by atoms with E-state index in [1.54, 1.807) is 10.6 Å². The molecule has 0 radical (unpaired) electrons. The van der Waals surface area contributed by atoms with Crippen molar-refractivity contribution in [1.29, 1.82) is 0 Å². The van der Waals surface area contributed by atoms with Crippen molar-refractivity contribution in [2.45, 2.75) is 26.4 Å². The minimum absolute atomic E-state index is 0.314. The average Bonchev–Trinajstić information content (AvgIpc) is 3.11. The third-order valence-corrected chi connectivity index (χ3v) is 4.73. The maximum Gasteiger partial charge on any atom is 0.416 e. The molecule has 150 valence electrons. The zero-order valence-electron chi connectivity index (χ0n) is 16.0. The van der Waals surface area contributed by atoms with E-state index in [1.165, 1.54) is 6.07 Å². The first-order valence-corrected chi connectivity index (χ1v) is 9.40. The van der Waals surface area contributed by atoms with Gasteiger partial charge in [-0.2, -0.15) is 17.7 Å². The van der Waals surface area contributed by atoms with Gasteiger partial charge in [-0.3, -0.25) is 0 Å². The number of hydrogen-bond acceptors (Lipinski definition) is 4. The first kappa shape index (κ1) is 19.2. The normalized spacial score (nSPS) is 12.2. The SMILES string of the molecule is CC(C)CCNc1nc2c(-c3cccc(C(F)(F)F)c3)nnn2c2ccccc12. The number of para-hydroxylation sites is 1. The molecule has 5 nitrogen and oxygen atoms in total. The van der Waals surface area contributed by atoms with Gasteiger partial charge in [0.25, 0.3) is 0 Å². The van der Waals surface area contributed by atoms with E-state index in [9.17, 15) is 13.2 Å². The van der Waals surface area contributed by atoms with E-state index >= 15 is 0 Å². The topological polar surface area (TPSA) is 55.1 Å². The van der Waals surface area contributed by atoms with Gasteiger partial charge < -0.3 is 5.32 Å². The van der Waals surface area contributed by atoms with E-state index in [0.717, 1.165) is 36.0 Å². The molecule has 0 saturated heterocycles. The predicted octanol–water partition coefficient (Wildman–Crippen LogP) is 5.42. The molecule has 0 bridgehead atoms. The molecule has 0 aliphatic heterocycles. The predicted molar refractivity (Wildman–Crippen MR) is 107 cm³/mol. The molecule has 29 heavy (non-hydrogen) atoms. The Kier molecular flexibility index (Phi) is 4.86. The van der Waals surface area contributed by atoms with Gasteiger partial charge >= 0.3 is 6.18 Å². The van der Waals surface area contributed by atoms with Gasteiger partial charge in [0.15, 0.2) is 5.65 Å². The van der Waals surface area contributed by atoms with Crippen LogP contribution in [0.4, 0.5) is 19.0 Å². The van der Waals surface area contributed by atoms with Crippen molar-refractivity contribution in [3.8, 4) is 11.3 Å². The summed E-state index contributed by atoms with van der Waals surface area (Å²) in [7, 11) is 0. The van der Waals surface area contributed by atoms with Crippen LogP contribution in [-0.2, 0) is 6.18 Å². The number of nitrogens with one attached hydrogen (secondary N) is 1. The lowest BCUT2D eigenvalue weighted by Crippen LogP contribution is -2.08. The van der Waals surface area contributed by atoms with Crippen molar-refractivity contribution in [1.82, 2.24) is 19.8 Å². The smallest absolute Gasteiger partial charge is 0.369 e. The largest absolute Gasteiger partial charge is 0.416 e. The summed E-state index contributed by atoms with van der Waals surface area (Å²) >= 11 is 0. The van der Waals surface area contributed by atoms with Gasteiger partial charge in [0.2, 0.25) is 0 Å². The lowest BCUT2D eigenvalue weighted by molar-refractivity contribution is -0.137. The van der Waals surface area contributed by atoms with Crippen molar-refractivity contribution in [3.05, 3.63) is 54.1 Å². The van der Waals surface area contributed by atoms with Gasteiger partial charge in [-0.15, -0.1) is 5.10 Å². The molecule has 0 aliphatic carbocycles. The third-order valence-electron chi connectivity index (χ3n) is 4.73. The number of rotatable bonds is 5. The van der Waals surface area contributed by atoms with Crippen molar-refractivity contribution in [2.75, 3.05) is 11.9 Å². The fourth-order valence-corrected chi connectivity index (χ4v) is 3.21. The van der Waals surface area contributed by atoms with Crippen LogP contribution in [-0.4, -0.2) is 26.4 Å². The Morgan fingerprint density at radius 2 is 1.86 bits per heavy atom. The summed E-state index contributed by atoms with van der Waals surface area (Å²) in [5.41, 5.74) is 1.11. The van der Waals surface area contributed by atoms with E-state index in [1.807, 2.05) is 24.3 Å². The summed E-state index contributed by atoms with van der Waals surface area (Å²) in [6, 6.07) is 12.7. The molecule has 2 aromatic carbocycles. The molecule has 0 fully saturated rings. The van der Waals surface area contributed by atoms with Crippen molar-refractivity contribution in [3.63, 3.8) is 0 Å². The highest BCUT2D eigenvalue weighted by molar-refractivity contribution is 5.93. The Balaban J connectivity index is 1.86. The molecule has 2 heterocycles. The highest BCUT2D eigenvalue weighted by atomic mass is 19.4. The lowest BCUT2D eigenvalue weighted by Gasteiger charge is -2.12. The fraction of sp³-hybridized carbons (Fsp3) is 0.286.